The number of hydrogen-bond acceptors (Lipinski definition) is 12. The number of aliphatic hydroxyl groups excluding tert-OH is 1. The molecule has 0 aliphatic rings. The summed E-state index contributed by atoms with van der Waals surface area (Å²) in [7, 11) is 0. The predicted octanol–water partition coefficient (Wildman–Crippen LogP) is 5.62. The number of carbonyl (C=O) groups is 4. The van der Waals surface area contributed by atoms with Gasteiger partial charge in [0.2, 0.25) is 0 Å². The maximum absolute atomic E-state index is 11.7. The van der Waals surface area contributed by atoms with Crippen molar-refractivity contribution in [1.82, 2.24) is 0 Å². The average Bonchev–Trinajstić information content (AvgIpc) is 2.99. The summed E-state index contributed by atoms with van der Waals surface area (Å²) in [6.07, 6.45) is 2.37. The topological polar surface area (TPSA) is 173 Å². The summed E-state index contributed by atoms with van der Waals surface area (Å²) in [5.41, 5.74) is 6.67. The fourth-order valence-electron chi connectivity index (χ4n) is 2.62. The van der Waals surface area contributed by atoms with Crippen molar-refractivity contribution in [2.75, 3.05) is 50.7 Å². The van der Waals surface area contributed by atoms with Gasteiger partial charge in [-0.05, 0) is 123 Å². The number of aliphatic hydroxyl groups is 1. The van der Waals surface area contributed by atoms with Gasteiger partial charge in [0, 0.05) is 31.3 Å². The van der Waals surface area contributed by atoms with Crippen LogP contribution in [-0.4, -0.2) is 68.6 Å². The Hall–Kier alpha value is -3.38. The Morgan fingerprint density at radius 1 is 0.696 bits per heavy atom. The molecule has 0 radical (unpaired) electrons. The van der Waals surface area contributed by atoms with Crippen LogP contribution in [-0.2, 0) is 42.9 Å². The van der Waals surface area contributed by atoms with E-state index in [1.165, 1.54) is 9.77 Å². The molecule has 2 aromatic carbocycles. The Balaban J connectivity index is 0. The van der Waals surface area contributed by atoms with Gasteiger partial charge < -0.3 is 39.8 Å². The van der Waals surface area contributed by atoms with Gasteiger partial charge in [-0.2, -0.15) is 0 Å². The van der Waals surface area contributed by atoms with Crippen molar-refractivity contribution in [3.05, 3.63) is 79.3 Å². The number of rotatable bonds is 12. The Labute approximate surface area is 298 Å². The number of carbonyl (C=O) groups excluding carboxylic acids is 4. The van der Waals surface area contributed by atoms with Gasteiger partial charge in [0.1, 0.15) is 6.26 Å². The lowest BCUT2D eigenvalue weighted by molar-refractivity contribution is -0.148. The highest BCUT2D eigenvalue weighted by Gasteiger charge is 2.22. The predicted molar refractivity (Wildman–Crippen MR) is 193 cm³/mol. The van der Waals surface area contributed by atoms with Crippen LogP contribution in [0.3, 0.4) is 0 Å². The van der Waals surface area contributed by atoms with Crippen LogP contribution in [0.5, 0.6) is 0 Å². The van der Waals surface area contributed by atoms with Crippen molar-refractivity contribution < 1.29 is 48.0 Å². The highest BCUT2D eigenvalue weighted by molar-refractivity contribution is 14.1. The number of halogens is 2. The molecular weight excluding hydrogens is 826 g/mol. The van der Waals surface area contributed by atoms with Gasteiger partial charge in [-0.1, -0.05) is 12.1 Å². The number of hydrogen-bond donors (Lipinski definition) is 3. The molecule has 0 saturated carbocycles. The van der Waals surface area contributed by atoms with Crippen molar-refractivity contribution in [3.63, 3.8) is 0 Å². The molecule has 46 heavy (non-hydrogen) atoms. The zero-order valence-corrected chi connectivity index (χ0v) is 31.3. The van der Waals surface area contributed by atoms with Gasteiger partial charge in [-0.3, -0.25) is 0 Å². The first-order valence-electron chi connectivity index (χ1n) is 14.3. The SMILES string of the molecule is CCO.CCOC(=O)C(=CNc1cccc(I)c1)C(=O)OCC.CCOC=C(C(=O)OCC)C(=O)OCC.Nc1cccc(I)c1. The van der Waals surface area contributed by atoms with E-state index in [9.17, 15) is 19.2 Å². The molecule has 14 heteroatoms. The zero-order chi connectivity index (χ0) is 35.3. The first-order chi connectivity index (χ1) is 21.9. The van der Waals surface area contributed by atoms with E-state index >= 15 is 0 Å². The Bertz CT molecular complexity index is 1200. The molecule has 0 heterocycles. The Kier molecular flexibility index (Phi) is 28.3. The molecule has 0 amide bonds. The minimum Gasteiger partial charge on any atom is -0.500 e. The van der Waals surface area contributed by atoms with Gasteiger partial charge >= 0.3 is 23.9 Å². The van der Waals surface area contributed by atoms with Crippen LogP contribution in [0, 0.1) is 7.14 Å². The number of nitrogen functional groups attached to an aromatic ring is 1. The summed E-state index contributed by atoms with van der Waals surface area (Å²) in [5, 5.41) is 10.5. The van der Waals surface area contributed by atoms with Crippen LogP contribution in [0.1, 0.15) is 41.5 Å². The smallest absolute Gasteiger partial charge is 0.348 e. The van der Waals surface area contributed by atoms with Crippen molar-refractivity contribution in [2.45, 2.75) is 41.5 Å². The second kappa shape index (κ2) is 29.1. The van der Waals surface area contributed by atoms with E-state index in [1.807, 2.05) is 48.5 Å². The van der Waals surface area contributed by atoms with E-state index in [2.05, 4.69) is 60.0 Å². The molecule has 256 valence electrons. The van der Waals surface area contributed by atoms with Crippen molar-refractivity contribution in [2.24, 2.45) is 0 Å². The highest BCUT2D eigenvalue weighted by atomic mass is 127. The van der Waals surface area contributed by atoms with Crippen LogP contribution in [0.4, 0.5) is 11.4 Å². The first kappa shape index (κ1) is 44.7. The number of benzene rings is 2. The fourth-order valence-corrected chi connectivity index (χ4v) is 3.73. The van der Waals surface area contributed by atoms with Gasteiger partial charge in [0.25, 0.3) is 0 Å². The standard InChI is InChI=1S/C14H16INO4.C10H16O5.C6H6IN.C2H6O/c1-3-19-13(17)12(14(18)20-4-2)9-16-11-7-5-6-10(15)8-11;1-4-13-7-8(9(11)14-5-2)10(12)15-6-3;7-5-2-1-3-6(8)4-5;1-2-3/h5-9,16H,3-4H2,1-2H3;7H,4-6H2,1-3H3;1-4H,8H2;3H,2H2,1H3. The minimum atomic E-state index is -0.732. The summed E-state index contributed by atoms with van der Waals surface area (Å²) in [4.78, 5) is 46.0. The van der Waals surface area contributed by atoms with Crippen LogP contribution < -0.4 is 11.1 Å². The second-order valence-corrected chi connectivity index (χ2v) is 10.4. The monoisotopic (exact) mass is 870 g/mol. The summed E-state index contributed by atoms with van der Waals surface area (Å²) < 4.78 is 26.1. The molecule has 4 N–H and O–H groups in total. The lowest BCUT2D eigenvalue weighted by Gasteiger charge is -2.07. The van der Waals surface area contributed by atoms with E-state index in [0.717, 1.165) is 21.2 Å². The maximum Gasteiger partial charge on any atom is 0.348 e. The number of nitrogens with one attached hydrogen (secondary N) is 1. The number of ether oxygens (including phenoxy) is 5. The van der Waals surface area contributed by atoms with Gasteiger partial charge in [-0.15, -0.1) is 0 Å². The van der Waals surface area contributed by atoms with Gasteiger partial charge in [0.15, 0.2) is 11.1 Å². The molecule has 0 aromatic heterocycles. The largest absolute Gasteiger partial charge is 0.500 e. The number of esters is 4. The lowest BCUT2D eigenvalue weighted by atomic mass is 10.3. The molecule has 2 rings (SSSR count). The van der Waals surface area contributed by atoms with Crippen LogP contribution in [0.15, 0.2) is 72.1 Å². The normalized spacial score (nSPS) is 9.07. The van der Waals surface area contributed by atoms with E-state index in [4.69, 9.17) is 25.1 Å². The molecule has 0 saturated heterocycles. The summed E-state index contributed by atoms with van der Waals surface area (Å²) in [5.74, 6) is -2.87. The van der Waals surface area contributed by atoms with E-state index in [0.29, 0.717) is 6.61 Å². The van der Waals surface area contributed by atoms with Crippen molar-refractivity contribution >= 4 is 80.4 Å². The fraction of sp³-hybridized carbons (Fsp3) is 0.375. The van der Waals surface area contributed by atoms with E-state index in [-0.39, 0.29) is 44.2 Å². The van der Waals surface area contributed by atoms with Gasteiger partial charge in [-0.25, -0.2) is 19.2 Å². The zero-order valence-electron chi connectivity index (χ0n) is 27.0. The molecule has 0 atom stereocenters. The Morgan fingerprint density at radius 3 is 1.46 bits per heavy atom. The molecule has 2 aromatic rings. The molecular formula is C32H44I2N2O10. The van der Waals surface area contributed by atoms with Crippen LogP contribution >= 0.6 is 45.2 Å². The number of anilines is 2. The average molecular weight is 871 g/mol. The minimum absolute atomic E-state index is 0.160. The third-order valence-electron chi connectivity index (χ3n) is 4.41. The van der Waals surface area contributed by atoms with E-state index in [1.54, 1.807) is 41.5 Å². The maximum atomic E-state index is 11.7. The molecule has 0 fully saturated rings. The molecule has 0 aliphatic carbocycles. The highest BCUT2D eigenvalue weighted by Crippen LogP contribution is 2.13. The molecule has 0 bridgehead atoms. The molecule has 0 aliphatic heterocycles. The quantitative estimate of drug-likeness (QED) is 0.0352. The van der Waals surface area contributed by atoms with E-state index < -0.39 is 23.9 Å². The first-order valence-corrected chi connectivity index (χ1v) is 16.5. The number of nitrogens with two attached hydrogens (primary N) is 1. The summed E-state index contributed by atoms with van der Waals surface area (Å²) >= 11 is 4.40. The molecule has 0 unspecified atom stereocenters. The summed E-state index contributed by atoms with van der Waals surface area (Å²) in [6.45, 7) is 11.5. The van der Waals surface area contributed by atoms with Crippen LogP contribution in [0.25, 0.3) is 0 Å². The molecule has 12 nitrogen and oxygen atoms in total. The van der Waals surface area contributed by atoms with Gasteiger partial charge in [0.05, 0.1) is 33.0 Å². The summed E-state index contributed by atoms with van der Waals surface area (Å²) in [6, 6.07) is 15.3. The lowest BCUT2D eigenvalue weighted by Crippen LogP contribution is -2.19. The Morgan fingerprint density at radius 2 is 1.11 bits per heavy atom. The van der Waals surface area contributed by atoms with Crippen molar-refractivity contribution in [1.29, 1.82) is 0 Å². The third-order valence-corrected chi connectivity index (χ3v) is 5.75. The van der Waals surface area contributed by atoms with Crippen LogP contribution in [0.2, 0.25) is 0 Å². The molecule has 0 spiro atoms. The van der Waals surface area contributed by atoms with Crippen molar-refractivity contribution in [3.8, 4) is 0 Å². The second-order valence-electron chi connectivity index (χ2n) is 7.95. The third kappa shape index (κ3) is 22.2.